The van der Waals surface area contributed by atoms with Crippen LogP contribution in [0.15, 0.2) is 54.9 Å². The highest BCUT2D eigenvalue weighted by molar-refractivity contribution is 7.14. The average molecular weight is 669 g/mol. The number of hydrogen-bond donors (Lipinski definition) is 2. The number of aliphatic carboxylic acids is 1. The predicted octanol–water partition coefficient (Wildman–Crippen LogP) is 7.40. The number of benzene rings is 1. The summed E-state index contributed by atoms with van der Waals surface area (Å²) in [6.07, 6.45) is 15.6. The van der Waals surface area contributed by atoms with Crippen molar-refractivity contribution in [3.63, 3.8) is 0 Å². The second-order valence-electron chi connectivity index (χ2n) is 15.2. The van der Waals surface area contributed by atoms with Gasteiger partial charge in [0, 0.05) is 47.9 Å². The lowest BCUT2D eigenvalue weighted by molar-refractivity contribution is -0.153. The van der Waals surface area contributed by atoms with Crippen LogP contribution in [0.4, 0.5) is 0 Å². The molecule has 1 saturated carbocycles. The summed E-state index contributed by atoms with van der Waals surface area (Å²) >= 11 is 1.42. The van der Waals surface area contributed by atoms with Crippen LogP contribution in [0.3, 0.4) is 0 Å². The SMILES string of the molecule is CC1CCC(C2CC=C(c3cnc(-c4ccc(CC(NC(=O)c5ccc(C(C)(C)C)s5)C(=O)N5CC(C(=O)O)C5)cc4)nc3)CC2)CC1. The Morgan fingerprint density at radius 2 is 1.62 bits per heavy atom. The molecular weight excluding hydrogens is 621 g/mol. The zero-order valence-electron chi connectivity index (χ0n) is 28.6. The number of nitrogens with one attached hydrogen (secondary N) is 1. The van der Waals surface area contributed by atoms with E-state index in [0.717, 1.165) is 52.2 Å². The van der Waals surface area contributed by atoms with Crippen LogP contribution < -0.4 is 5.32 Å². The first-order chi connectivity index (χ1) is 22.9. The van der Waals surface area contributed by atoms with Crippen LogP contribution in [-0.4, -0.2) is 56.9 Å². The van der Waals surface area contributed by atoms with Crippen LogP contribution in [0, 0.1) is 23.7 Å². The van der Waals surface area contributed by atoms with Gasteiger partial charge in [0.15, 0.2) is 5.82 Å². The standard InChI is InChI=1S/C39H48N4O4S/c1-24-5-9-26(10-6-24)27-13-15-28(16-14-27)30-20-40-35(41-21-30)29-11-7-25(8-12-29)19-32(37(45)43-22-31(23-43)38(46)47)42-36(44)33-17-18-34(48-33)39(2,3)4/h7-8,11-12,15,17-18,20-21,24,26-27,31-32H,5-6,9-10,13-14,16,19,22-23H2,1-4H3,(H,42,44)(H,46,47). The largest absolute Gasteiger partial charge is 0.481 e. The zero-order chi connectivity index (χ0) is 34.0. The second kappa shape index (κ2) is 14.3. The molecule has 6 rings (SSSR count). The minimum Gasteiger partial charge on any atom is -0.481 e. The Hall–Kier alpha value is -3.85. The van der Waals surface area contributed by atoms with Gasteiger partial charge in [-0.1, -0.05) is 70.9 Å². The van der Waals surface area contributed by atoms with Crippen molar-refractivity contribution in [2.45, 2.75) is 90.5 Å². The molecule has 9 heteroatoms. The topological polar surface area (TPSA) is 112 Å². The van der Waals surface area contributed by atoms with E-state index in [2.05, 4.69) is 39.1 Å². The Labute approximate surface area is 288 Å². The maximum absolute atomic E-state index is 13.5. The molecule has 3 aromatic rings. The molecule has 0 bridgehead atoms. The third-order valence-electron chi connectivity index (χ3n) is 10.6. The first-order valence-electron chi connectivity index (χ1n) is 17.5. The third-order valence-corrected chi connectivity index (χ3v) is 12.1. The summed E-state index contributed by atoms with van der Waals surface area (Å²) in [5.41, 5.74) is 4.11. The second-order valence-corrected chi connectivity index (χ2v) is 16.3. The molecule has 2 N–H and O–H groups in total. The van der Waals surface area contributed by atoms with E-state index in [1.807, 2.05) is 42.7 Å². The van der Waals surface area contributed by atoms with Crippen LogP contribution in [0.2, 0.25) is 0 Å². The minimum atomic E-state index is -0.910. The summed E-state index contributed by atoms with van der Waals surface area (Å²) in [5.74, 6) is 1.17. The number of allylic oxidation sites excluding steroid dienone is 2. The fraction of sp³-hybridized carbons (Fsp3) is 0.513. The van der Waals surface area contributed by atoms with E-state index >= 15 is 0 Å². The van der Waals surface area contributed by atoms with Gasteiger partial charge in [0.05, 0.1) is 10.8 Å². The Balaban J connectivity index is 1.10. The summed E-state index contributed by atoms with van der Waals surface area (Å²) in [6.45, 7) is 8.98. The first kappa shape index (κ1) is 34.0. The molecule has 0 spiro atoms. The molecule has 2 fully saturated rings. The zero-order valence-corrected chi connectivity index (χ0v) is 29.4. The summed E-state index contributed by atoms with van der Waals surface area (Å²) in [4.78, 5) is 50.7. The fourth-order valence-corrected chi connectivity index (χ4v) is 8.27. The van der Waals surface area contributed by atoms with Gasteiger partial charge in [-0.3, -0.25) is 14.4 Å². The van der Waals surface area contributed by atoms with E-state index in [9.17, 15) is 19.5 Å². The number of thiophene rings is 1. The smallest absolute Gasteiger partial charge is 0.310 e. The number of carboxylic acids is 1. The van der Waals surface area contributed by atoms with Gasteiger partial charge in [0.1, 0.15) is 6.04 Å². The van der Waals surface area contributed by atoms with Crippen molar-refractivity contribution < 1.29 is 19.5 Å². The van der Waals surface area contributed by atoms with Gasteiger partial charge >= 0.3 is 5.97 Å². The van der Waals surface area contributed by atoms with Crippen LogP contribution in [0.1, 0.15) is 98.3 Å². The maximum atomic E-state index is 13.5. The third kappa shape index (κ3) is 7.88. The number of aromatic nitrogens is 2. The van der Waals surface area contributed by atoms with Crippen LogP contribution in [0.5, 0.6) is 0 Å². The normalized spacial score (nSPS) is 22.4. The molecule has 1 saturated heterocycles. The van der Waals surface area contributed by atoms with E-state index in [-0.39, 0.29) is 36.7 Å². The number of nitrogens with zero attached hydrogens (tertiary/aromatic N) is 3. The van der Waals surface area contributed by atoms with E-state index in [1.54, 1.807) is 6.07 Å². The molecule has 48 heavy (non-hydrogen) atoms. The Kier molecular flexibility index (Phi) is 10.2. The molecule has 8 nitrogen and oxygen atoms in total. The van der Waals surface area contributed by atoms with Gasteiger partial charge in [-0.2, -0.15) is 0 Å². The molecule has 2 unspecified atom stereocenters. The van der Waals surface area contributed by atoms with Crippen molar-refractivity contribution in [1.82, 2.24) is 20.2 Å². The highest BCUT2D eigenvalue weighted by Crippen LogP contribution is 2.41. The van der Waals surface area contributed by atoms with Gasteiger partial charge in [0.2, 0.25) is 5.91 Å². The fourth-order valence-electron chi connectivity index (χ4n) is 7.30. The average Bonchev–Trinajstić information content (AvgIpc) is 3.56. The van der Waals surface area contributed by atoms with Crippen molar-refractivity contribution in [1.29, 1.82) is 0 Å². The Bertz CT molecular complexity index is 1640. The van der Waals surface area contributed by atoms with Gasteiger partial charge in [-0.05, 0) is 78.5 Å². The maximum Gasteiger partial charge on any atom is 0.310 e. The van der Waals surface area contributed by atoms with Gasteiger partial charge in [-0.25, -0.2) is 9.97 Å². The molecule has 3 heterocycles. The lowest BCUT2D eigenvalue weighted by Gasteiger charge is -2.38. The molecule has 254 valence electrons. The number of hydrogen-bond acceptors (Lipinski definition) is 6. The number of carbonyl (C=O) groups excluding carboxylic acids is 2. The van der Waals surface area contributed by atoms with Crippen LogP contribution in [-0.2, 0) is 21.4 Å². The summed E-state index contributed by atoms with van der Waals surface area (Å²) in [6, 6.07) is 10.7. The van der Waals surface area contributed by atoms with Crippen molar-refractivity contribution in [2.24, 2.45) is 23.7 Å². The molecule has 1 aliphatic heterocycles. The summed E-state index contributed by atoms with van der Waals surface area (Å²) in [7, 11) is 0. The van der Waals surface area contributed by atoms with Crippen LogP contribution in [0.25, 0.3) is 17.0 Å². The summed E-state index contributed by atoms with van der Waals surface area (Å²) < 4.78 is 0. The quantitative estimate of drug-likeness (QED) is 0.246. The molecule has 2 aromatic heterocycles. The lowest BCUT2D eigenvalue weighted by atomic mass is 9.71. The van der Waals surface area contributed by atoms with Crippen molar-refractivity contribution >= 4 is 34.7 Å². The first-order valence-corrected chi connectivity index (χ1v) is 18.3. The number of likely N-dealkylation sites (tertiary alicyclic amines) is 1. The molecular formula is C39H48N4O4S. The number of carboxylic acid groups (broad SMARTS) is 1. The number of amides is 2. The van der Waals surface area contributed by atoms with E-state index in [1.165, 1.54) is 53.9 Å². The predicted molar refractivity (Wildman–Crippen MR) is 190 cm³/mol. The molecule has 2 amide bonds. The summed E-state index contributed by atoms with van der Waals surface area (Å²) in [5, 5.41) is 12.3. The van der Waals surface area contributed by atoms with E-state index in [4.69, 9.17) is 9.97 Å². The van der Waals surface area contributed by atoms with E-state index in [0.29, 0.717) is 10.7 Å². The molecule has 1 aromatic carbocycles. The monoisotopic (exact) mass is 668 g/mol. The number of rotatable bonds is 9. The molecule has 0 radical (unpaired) electrons. The Morgan fingerprint density at radius 3 is 2.21 bits per heavy atom. The van der Waals surface area contributed by atoms with Gasteiger partial charge < -0.3 is 15.3 Å². The lowest BCUT2D eigenvalue weighted by Crippen LogP contribution is -2.59. The molecule has 2 aliphatic carbocycles. The van der Waals surface area contributed by atoms with Crippen molar-refractivity contribution in [3.8, 4) is 11.4 Å². The molecule has 2 atom stereocenters. The molecule has 3 aliphatic rings. The Morgan fingerprint density at radius 1 is 0.938 bits per heavy atom. The minimum absolute atomic E-state index is 0.0856. The highest BCUT2D eigenvalue weighted by Gasteiger charge is 2.39. The van der Waals surface area contributed by atoms with Gasteiger partial charge in [-0.15, -0.1) is 11.3 Å². The van der Waals surface area contributed by atoms with Crippen molar-refractivity contribution in [2.75, 3.05) is 13.1 Å². The van der Waals surface area contributed by atoms with Gasteiger partial charge in [0.25, 0.3) is 5.91 Å². The van der Waals surface area contributed by atoms with E-state index < -0.39 is 17.9 Å². The highest BCUT2D eigenvalue weighted by atomic mass is 32.1. The number of carbonyl (C=O) groups is 3. The van der Waals surface area contributed by atoms with Crippen LogP contribution >= 0.6 is 11.3 Å². The van der Waals surface area contributed by atoms with Crippen molar-refractivity contribution in [3.05, 3.63) is 75.7 Å².